The number of rotatable bonds is 11. The third-order valence-corrected chi connectivity index (χ3v) is 10.9. The Labute approximate surface area is 362 Å². The monoisotopic (exact) mass is 849 g/mol. The van der Waals surface area contributed by atoms with Crippen LogP contribution in [-0.2, 0) is 25.5 Å². The van der Waals surface area contributed by atoms with Gasteiger partial charge in [0.2, 0.25) is 17.6 Å². The van der Waals surface area contributed by atoms with Gasteiger partial charge < -0.3 is 35.2 Å². The lowest BCUT2D eigenvalue weighted by Crippen LogP contribution is -2.51. The number of ether oxygens (including phenoxy) is 2. The van der Waals surface area contributed by atoms with E-state index in [0.29, 0.717) is 62.6 Å². The Bertz CT molecular complexity index is 2180. The van der Waals surface area contributed by atoms with Crippen LogP contribution >= 0.6 is 0 Å². The molecule has 1 aromatic heterocycles. The fraction of sp³-hybridized carbons (Fsp3) is 0.478. The van der Waals surface area contributed by atoms with Crippen LogP contribution in [0.4, 0.5) is 15.3 Å². The molecule has 16 nitrogen and oxygen atoms in total. The standard InChI is InChI=1S/C46H59N9O7/c1-29-26-35(42(58)54-22-24-55(25-23-54)44(60)62-46(5,6)7)18-21-37(29)32-12-8-30(9-13-32)27-38(41(57)48-36-19-16-33(17-20-36)39-50-52-53-51-39)49-40(56)34-14-10-31(11-15-34)28-47-43(59)61-45(2,3)4/h8-9,12-13,16-21,26,31,34,38H,10-11,14-15,22-25,27-28H2,1-7H3,(H,47,59)(H,48,57)(H,49,56)(H,50,51,52,53). The van der Waals surface area contributed by atoms with Crippen LogP contribution < -0.4 is 16.0 Å². The summed E-state index contributed by atoms with van der Waals surface area (Å²) >= 11 is 0. The first-order valence-corrected chi connectivity index (χ1v) is 21.3. The van der Waals surface area contributed by atoms with Crippen molar-refractivity contribution in [1.29, 1.82) is 0 Å². The van der Waals surface area contributed by atoms with Crippen LogP contribution in [0.3, 0.4) is 0 Å². The van der Waals surface area contributed by atoms with Gasteiger partial charge in [-0.05, 0) is 144 Å². The fourth-order valence-corrected chi connectivity index (χ4v) is 7.66. The molecule has 4 N–H and O–H groups in total. The number of carbonyl (C=O) groups is 5. The predicted molar refractivity (Wildman–Crippen MR) is 234 cm³/mol. The Morgan fingerprint density at radius 2 is 1.42 bits per heavy atom. The van der Waals surface area contributed by atoms with Crippen molar-refractivity contribution in [3.8, 4) is 22.5 Å². The molecule has 3 aromatic carbocycles. The van der Waals surface area contributed by atoms with E-state index >= 15 is 0 Å². The summed E-state index contributed by atoms with van der Waals surface area (Å²) in [6.07, 6.45) is 2.24. The second-order valence-electron chi connectivity index (χ2n) is 18.2. The highest BCUT2D eigenvalue weighted by Gasteiger charge is 2.31. The zero-order valence-corrected chi connectivity index (χ0v) is 36.7. The Morgan fingerprint density at radius 3 is 2.02 bits per heavy atom. The number of anilines is 1. The van der Waals surface area contributed by atoms with Gasteiger partial charge >= 0.3 is 12.2 Å². The molecule has 2 fully saturated rings. The number of carbonyl (C=O) groups excluding carboxylic acids is 5. The zero-order chi connectivity index (χ0) is 44.6. The van der Waals surface area contributed by atoms with Crippen LogP contribution in [0.25, 0.3) is 22.5 Å². The minimum absolute atomic E-state index is 0.0867. The topological polar surface area (TPSA) is 201 Å². The number of H-pyrrole nitrogens is 1. The van der Waals surface area contributed by atoms with Gasteiger partial charge in [-0.1, -0.05) is 30.3 Å². The van der Waals surface area contributed by atoms with Crippen molar-refractivity contribution in [1.82, 2.24) is 41.1 Å². The number of tetrazole rings is 1. The molecule has 1 saturated heterocycles. The minimum atomic E-state index is -0.866. The van der Waals surface area contributed by atoms with E-state index in [4.69, 9.17) is 9.47 Å². The SMILES string of the molecule is Cc1cc(C(=O)N2CCN(C(=O)OC(C)(C)C)CC2)ccc1-c1ccc(CC(NC(=O)C2CCC(CNC(=O)OC(C)(C)C)CC2)C(=O)Nc2ccc(-c3nn[nH]n3)cc2)cc1. The number of hydrogen-bond donors (Lipinski definition) is 4. The normalized spacial score (nSPS) is 17.4. The number of aryl methyl sites for hydroxylation is 1. The zero-order valence-electron chi connectivity index (χ0n) is 36.7. The molecule has 62 heavy (non-hydrogen) atoms. The molecule has 5 amide bonds. The molecule has 0 spiro atoms. The molecule has 0 radical (unpaired) electrons. The lowest BCUT2D eigenvalue weighted by atomic mass is 9.81. The summed E-state index contributed by atoms with van der Waals surface area (Å²) in [7, 11) is 0. The highest BCUT2D eigenvalue weighted by atomic mass is 16.6. The number of piperazine rings is 1. The molecule has 16 heteroatoms. The van der Waals surface area contributed by atoms with E-state index in [1.165, 1.54) is 0 Å². The van der Waals surface area contributed by atoms with Crippen molar-refractivity contribution >= 4 is 35.6 Å². The fourth-order valence-electron chi connectivity index (χ4n) is 7.66. The van der Waals surface area contributed by atoms with Crippen LogP contribution in [-0.4, -0.2) is 110 Å². The summed E-state index contributed by atoms with van der Waals surface area (Å²) in [6.45, 7) is 15.1. The van der Waals surface area contributed by atoms with E-state index < -0.39 is 23.3 Å². The van der Waals surface area contributed by atoms with Gasteiger partial charge in [-0.25, -0.2) is 9.59 Å². The number of aromatic nitrogens is 4. The first-order valence-electron chi connectivity index (χ1n) is 21.3. The van der Waals surface area contributed by atoms with Gasteiger partial charge in [0.05, 0.1) is 0 Å². The molecule has 1 unspecified atom stereocenters. The van der Waals surface area contributed by atoms with Gasteiger partial charge in [0.25, 0.3) is 5.91 Å². The molecule has 2 aliphatic rings. The summed E-state index contributed by atoms with van der Waals surface area (Å²) in [5.41, 5.74) is 4.39. The number of alkyl carbamates (subject to hydrolysis) is 1. The molecule has 4 aromatic rings. The van der Waals surface area contributed by atoms with E-state index in [1.54, 1.807) is 34.1 Å². The summed E-state index contributed by atoms with van der Waals surface area (Å²) in [4.78, 5) is 69.2. The molecule has 1 saturated carbocycles. The number of nitrogens with zero attached hydrogens (tertiary/aromatic N) is 5. The third-order valence-electron chi connectivity index (χ3n) is 10.9. The van der Waals surface area contributed by atoms with E-state index in [-0.39, 0.29) is 42.1 Å². The van der Waals surface area contributed by atoms with Crippen molar-refractivity contribution in [3.63, 3.8) is 0 Å². The number of nitrogens with one attached hydrogen (secondary N) is 4. The molecular weight excluding hydrogens is 791 g/mol. The van der Waals surface area contributed by atoms with Crippen molar-refractivity contribution in [3.05, 3.63) is 83.4 Å². The predicted octanol–water partition coefficient (Wildman–Crippen LogP) is 6.53. The van der Waals surface area contributed by atoms with Gasteiger partial charge in [0.1, 0.15) is 17.2 Å². The Morgan fingerprint density at radius 1 is 0.790 bits per heavy atom. The summed E-state index contributed by atoms with van der Waals surface area (Å²) < 4.78 is 10.9. The molecule has 2 heterocycles. The van der Waals surface area contributed by atoms with Crippen LogP contribution in [0.5, 0.6) is 0 Å². The maximum absolute atomic E-state index is 13.9. The van der Waals surface area contributed by atoms with E-state index in [1.807, 2.05) is 90.9 Å². The van der Waals surface area contributed by atoms with Crippen LogP contribution in [0.15, 0.2) is 66.7 Å². The second-order valence-corrected chi connectivity index (χ2v) is 18.2. The molecule has 1 aliphatic carbocycles. The number of benzene rings is 3. The van der Waals surface area contributed by atoms with Crippen molar-refractivity contribution in [2.45, 2.75) is 97.8 Å². The maximum atomic E-state index is 13.9. The van der Waals surface area contributed by atoms with Gasteiger partial charge in [-0.3, -0.25) is 14.4 Å². The number of amides is 5. The lowest BCUT2D eigenvalue weighted by Gasteiger charge is -2.35. The summed E-state index contributed by atoms with van der Waals surface area (Å²) in [6, 6.07) is 19.7. The average molecular weight is 850 g/mol. The summed E-state index contributed by atoms with van der Waals surface area (Å²) in [5, 5.41) is 22.9. The van der Waals surface area contributed by atoms with Crippen molar-refractivity contribution < 1.29 is 33.4 Å². The van der Waals surface area contributed by atoms with Crippen LogP contribution in [0.2, 0.25) is 0 Å². The minimum Gasteiger partial charge on any atom is -0.444 e. The van der Waals surface area contributed by atoms with Crippen molar-refractivity contribution in [2.24, 2.45) is 11.8 Å². The molecule has 330 valence electrons. The molecule has 6 rings (SSSR count). The van der Waals surface area contributed by atoms with E-state index in [2.05, 4.69) is 36.6 Å². The second kappa shape index (κ2) is 19.6. The third kappa shape index (κ3) is 12.6. The van der Waals surface area contributed by atoms with Gasteiger partial charge in [0.15, 0.2) is 0 Å². The molecule has 0 bridgehead atoms. The molecule has 1 aliphatic heterocycles. The first-order chi connectivity index (χ1) is 29.4. The average Bonchev–Trinajstić information content (AvgIpc) is 3.77. The Hall–Kier alpha value is -6.32. The highest BCUT2D eigenvalue weighted by molar-refractivity contribution is 5.98. The molecule has 1 atom stereocenters. The molecular formula is C46H59N9O7. The number of hydrogen-bond acceptors (Lipinski definition) is 10. The quantitative estimate of drug-likeness (QED) is 0.129. The van der Waals surface area contributed by atoms with Gasteiger partial charge in [0, 0.05) is 61.9 Å². The maximum Gasteiger partial charge on any atom is 0.410 e. The highest BCUT2D eigenvalue weighted by Crippen LogP contribution is 2.30. The van der Waals surface area contributed by atoms with Crippen LogP contribution in [0, 0.1) is 18.8 Å². The van der Waals surface area contributed by atoms with E-state index in [9.17, 15) is 24.0 Å². The lowest BCUT2D eigenvalue weighted by molar-refractivity contribution is -0.130. The van der Waals surface area contributed by atoms with Gasteiger partial charge in [-0.2, -0.15) is 5.21 Å². The first kappa shape index (κ1) is 45.2. The Kier molecular flexibility index (Phi) is 14.3. The largest absolute Gasteiger partial charge is 0.444 e. The van der Waals surface area contributed by atoms with E-state index in [0.717, 1.165) is 40.7 Å². The van der Waals surface area contributed by atoms with Crippen molar-refractivity contribution in [2.75, 3.05) is 38.0 Å². The smallest absolute Gasteiger partial charge is 0.410 e. The Balaban J connectivity index is 1.09. The summed E-state index contributed by atoms with van der Waals surface area (Å²) in [5.74, 6) is -0.224. The van der Waals surface area contributed by atoms with Gasteiger partial charge in [-0.15, -0.1) is 10.2 Å². The van der Waals surface area contributed by atoms with Crippen LogP contribution in [0.1, 0.15) is 88.7 Å². The number of aromatic amines is 1.